The van der Waals surface area contributed by atoms with E-state index in [-0.39, 0.29) is 6.03 Å². The highest BCUT2D eigenvalue weighted by Crippen LogP contribution is 2.25. The molecule has 0 aromatic heterocycles. The summed E-state index contributed by atoms with van der Waals surface area (Å²) in [6.45, 7) is 0.670. The maximum absolute atomic E-state index is 12.0. The molecule has 0 heterocycles. The van der Waals surface area contributed by atoms with Gasteiger partial charge in [0, 0.05) is 17.9 Å². The number of hydrogen-bond donors (Lipinski definition) is 3. The molecule has 0 aliphatic carbocycles. The van der Waals surface area contributed by atoms with Crippen molar-refractivity contribution in [2.24, 2.45) is 0 Å². The first-order valence-electron chi connectivity index (χ1n) is 6.35. The lowest BCUT2D eigenvalue weighted by Gasteiger charge is -2.12. The molecule has 0 aliphatic heterocycles. The number of anilines is 2. The van der Waals surface area contributed by atoms with Crippen LogP contribution in [-0.4, -0.2) is 13.1 Å². The molecule has 110 valence electrons. The van der Waals surface area contributed by atoms with Gasteiger partial charge in [-0.25, -0.2) is 4.79 Å². The van der Waals surface area contributed by atoms with Gasteiger partial charge in [0.05, 0.1) is 10.0 Å². The van der Waals surface area contributed by atoms with Gasteiger partial charge in [0.15, 0.2) is 0 Å². The average Bonchev–Trinajstić information content (AvgIpc) is 2.45. The lowest BCUT2D eigenvalue weighted by Crippen LogP contribution is -2.21. The molecule has 0 radical (unpaired) electrons. The van der Waals surface area contributed by atoms with Gasteiger partial charge in [-0.2, -0.15) is 0 Å². The third-order valence-electron chi connectivity index (χ3n) is 2.81. The van der Waals surface area contributed by atoms with Gasteiger partial charge in [-0.3, -0.25) is 0 Å². The van der Waals surface area contributed by atoms with E-state index in [1.807, 2.05) is 31.3 Å². The third kappa shape index (κ3) is 4.36. The van der Waals surface area contributed by atoms with Crippen molar-refractivity contribution >= 4 is 40.6 Å². The fourth-order valence-corrected chi connectivity index (χ4v) is 2.14. The second-order valence-electron chi connectivity index (χ2n) is 4.40. The lowest BCUT2D eigenvalue weighted by atomic mass is 10.2. The van der Waals surface area contributed by atoms with Crippen LogP contribution in [0.5, 0.6) is 0 Å². The predicted octanol–water partition coefficient (Wildman–Crippen LogP) is 4.36. The van der Waals surface area contributed by atoms with E-state index in [1.165, 1.54) is 0 Å². The fourth-order valence-electron chi connectivity index (χ4n) is 1.85. The fraction of sp³-hybridized carbons (Fsp3) is 0.133. The van der Waals surface area contributed by atoms with E-state index in [1.54, 1.807) is 18.2 Å². The van der Waals surface area contributed by atoms with Crippen molar-refractivity contribution < 1.29 is 4.79 Å². The first kappa shape index (κ1) is 15.6. The number of halogens is 2. The molecule has 0 saturated carbocycles. The monoisotopic (exact) mass is 323 g/mol. The van der Waals surface area contributed by atoms with Crippen molar-refractivity contribution in [1.82, 2.24) is 5.32 Å². The highest BCUT2D eigenvalue weighted by Gasteiger charge is 2.07. The van der Waals surface area contributed by atoms with Crippen LogP contribution in [0.15, 0.2) is 42.5 Å². The first-order chi connectivity index (χ1) is 10.1. The number of benzene rings is 2. The maximum Gasteiger partial charge on any atom is 0.323 e. The average molecular weight is 324 g/mol. The van der Waals surface area contributed by atoms with Crippen molar-refractivity contribution in [3.05, 3.63) is 58.1 Å². The highest BCUT2D eigenvalue weighted by atomic mass is 35.5. The van der Waals surface area contributed by atoms with E-state index in [0.29, 0.717) is 22.3 Å². The Balaban J connectivity index is 2.06. The van der Waals surface area contributed by atoms with Crippen LogP contribution in [0.2, 0.25) is 10.0 Å². The Hall–Kier alpha value is -1.75. The van der Waals surface area contributed by atoms with Crippen LogP contribution in [0.3, 0.4) is 0 Å². The Morgan fingerprint density at radius 3 is 2.52 bits per heavy atom. The van der Waals surface area contributed by atoms with Gasteiger partial charge in [0.25, 0.3) is 0 Å². The van der Waals surface area contributed by atoms with Gasteiger partial charge in [-0.1, -0.05) is 41.4 Å². The van der Waals surface area contributed by atoms with Gasteiger partial charge < -0.3 is 16.0 Å². The SMILES string of the molecule is CNCc1ccccc1NC(=O)Nc1ccc(Cl)c(Cl)c1. The summed E-state index contributed by atoms with van der Waals surface area (Å²) < 4.78 is 0. The zero-order valence-corrected chi connectivity index (χ0v) is 12.9. The molecule has 6 heteroatoms. The summed E-state index contributed by atoms with van der Waals surface area (Å²) in [5, 5.41) is 9.42. The number of rotatable bonds is 4. The molecule has 0 saturated heterocycles. The molecule has 21 heavy (non-hydrogen) atoms. The second kappa shape index (κ2) is 7.31. The van der Waals surface area contributed by atoms with Gasteiger partial charge in [-0.15, -0.1) is 0 Å². The Labute approximate surface area is 133 Å². The van der Waals surface area contributed by atoms with E-state index >= 15 is 0 Å². The molecule has 0 unspecified atom stereocenters. The van der Waals surface area contributed by atoms with Crippen LogP contribution in [0.4, 0.5) is 16.2 Å². The lowest BCUT2D eigenvalue weighted by molar-refractivity contribution is 0.262. The molecule has 0 bridgehead atoms. The Bertz CT molecular complexity index is 647. The first-order valence-corrected chi connectivity index (χ1v) is 7.11. The van der Waals surface area contributed by atoms with Crippen LogP contribution in [0.1, 0.15) is 5.56 Å². The molecular formula is C15H15Cl2N3O. The van der Waals surface area contributed by atoms with Crippen LogP contribution >= 0.6 is 23.2 Å². The van der Waals surface area contributed by atoms with Gasteiger partial charge in [-0.05, 0) is 36.9 Å². The van der Waals surface area contributed by atoms with E-state index in [4.69, 9.17) is 23.2 Å². The molecule has 0 aliphatic rings. The van der Waals surface area contributed by atoms with Crippen molar-refractivity contribution in [3.8, 4) is 0 Å². The number of hydrogen-bond acceptors (Lipinski definition) is 2. The quantitative estimate of drug-likeness (QED) is 0.783. The topological polar surface area (TPSA) is 53.2 Å². The Morgan fingerprint density at radius 1 is 1.05 bits per heavy atom. The van der Waals surface area contributed by atoms with Crippen LogP contribution in [0.25, 0.3) is 0 Å². The largest absolute Gasteiger partial charge is 0.323 e. The number of amides is 2. The number of carbonyl (C=O) groups excluding carboxylic acids is 1. The highest BCUT2D eigenvalue weighted by molar-refractivity contribution is 6.42. The molecule has 2 aromatic rings. The van der Waals surface area contributed by atoms with E-state index < -0.39 is 0 Å². The summed E-state index contributed by atoms with van der Waals surface area (Å²) in [5.74, 6) is 0. The second-order valence-corrected chi connectivity index (χ2v) is 5.21. The van der Waals surface area contributed by atoms with Crippen molar-refractivity contribution in [1.29, 1.82) is 0 Å². The predicted molar refractivity (Wildman–Crippen MR) is 88.3 cm³/mol. The molecular weight excluding hydrogens is 309 g/mol. The van der Waals surface area contributed by atoms with Crippen LogP contribution in [0, 0.1) is 0 Å². The molecule has 2 amide bonds. The zero-order valence-electron chi connectivity index (χ0n) is 11.4. The molecule has 0 atom stereocenters. The molecule has 2 rings (SSSR count). The normalized spacial score (nSPS) is 10.2. The van der Waals surface area contributed by atoms with E-state index in [9.17, 15) is 4.79 Å². The smallest absolute Gasteiger partial charge is 0.316 e. The van der Waals surface area contributed by atoms with Gasteiger partial charge in [0.1, 0.15) is 0 Å². The Kier molecular flexibility index (Phi) is 5.44. The number of nitrogens with one attached hydrogen (secondary N) is 3. The van der Waals surface area contributed by atoms with Crippen molar-refractivity contribution in [2.45, 2.75) is 6.54 Å². The van der Waals surface area contributed by atoms with Crippen LogP contribution < -0.4 is 16.0 Å². The molecule has 4 nitrogen and oxygen atoms in total. The minimum Gasteiger partial charge on any atom is -0.316 e. The minimum atomic E-state index is -0.336. The summed E-state index contributed by atoms with van der Waals surface area (Å²) in [5.41, 5.74) is 2.33. The van der Waals surface area contributed by atoms with Gasteiger partial charge >= 0.3 is 6.03 Å². The van der Waals surface area contributed by atoms with Crippen LogP contribution in [-0.2, 0) is 6.54 Å². The minimum absolute atomic E-state index is 0.336. The van der Waals surface area contributed by atoms with Crippen molar-refractivity contribution in [3.63, 3.8) is 0 Å². The van der Waals surface area contributed by atoms with Gasteiger partial charge in [0.2, 0.25) is 0 Å². The number of carbonyl (C=O) groups is 1. The number of urea groups is 1. The molecule has 3 N–H and O–H groups in total. The summed E-state index contributed by atoms with van der Waals surface area (Å²) >= 11 is 11.7. The van der Waals surface area contributed by atoms with E-state index in [0.717, 1.165) is 11.3 Å². The molecule has 0 fully saturated rings. The third-order valence-corrected chi connectivity index (χ3v) is 3.55. The summed E-state index contributed by atoms with van der Waals surface area (Å²) in [4.78, 5) is 12.0. The standard InChI is InChI=1S/C15H15Cl2N3O/c1-18-9-10-4-2-3-5-14(10)20-15(21)19-11-6-7-12(16)13(17)8-11/h2-8,18H,9H2,1H3,(H2,19,20,21). The van der Waals surface area contributed by atoms with Crippen molar-refractivity contribution in [2.75, 3.05) is 17.7 Å². The van der Waals surface area contributed by atoms with E-state index in [2.05, 4.69) is 16.0 Å². The summed E-state index contributed by atoms with van der Waals surface area (Å²) in [6.07, 6.45) is 0. The number of para-hydroxylation sites is 1. The summed E-state index contributed by atoms with van der Waals surface area (Å²) in [6, 6.07) is 12.2. The molecule has 2 aromatic carbocycles. The maximum atomic E-state index is 12.0. The summed E-state index contributed by atoms with van der Waals surface area (Å²) in [7, 11) is 1.85. The zero-order chi connectivity index (χ0) is 15.2. The molecule has 0 spiro atoms. The Morgan fingerprint density at radius 2 is 1.81 bits per heavy atom.